The fourth-order valence-electron chi connectivity index (χ4n) is 2.37. The zero-order valence-corrected chi connectivity index (χ0v) is 11.3. The minimum atomic E-state index is -0.273. The molecule has 1 fully saturated rings. The van der Waals surface area contributed by atoms with Gasteiger partial charge in [0.1, 0.15) is 0 Å². The average molecular weight is 238 g/mol. The van der Waals surface area contributed by atoms with Gasteiger partial charge < -0.3 is 14.4 Å². The minimum Gasteiger partial charge on any atom is -0.400 e. The highest BCUT2D eigenvalue weighted by Gasteiger charge is 2.52. The smallest absolute Gasteiger partial charge is 0.400 e. The quantitative estimate of drug-likeness (QED) is 0.750. The summed E-state index contributed by atoms with van der Waals surface area (Å²) >= 11 is 0. The number of allylic oxidation sites excluding steroid dienone is 1. The molecule has 0 saturated carbocycles. The van der Waals surface area contributed by atoms with E-state index < -0.39 is 0 Å². The highest BCUT2D eigenvalue weighted by atomic mass is 16.7. The van der Waals surface area contributed by atoms with E-state index in [9.17, 15) is 5.11 Å². The molecule has 1 heterocycles. The van der Waals surface area contributed by atoms with E-state index in [1.54, 1.807) is 0 Å². The van der Waals surface area contributed by atoms with Gasteiger partial charge in [-0.1, -0.05) is 6.08 Å². The molecule has 1 unspecified atom stereocenters. The van der Waals surface area contributed by atoms with E-state index >= 15 is 0 Å². The van der Waals surface area contributed by atoms with Crippen molar-refractivity contribution in [1.29, 1.82) is 0 Å². The third-order valence-corrected chi connectivity index (χ3v) is 4.28. The molecule has 1 saturated heterocycles. The largest absolute Gasteiger partial charge is 0.490 e. The molecular formula is C13H23BO3. The second kappa shape index (κ2) is 4.41. The Morgan fingerprint density at radius 2 is 1.88 bits per heavy atom. The van der Waals surface area contributed by atoms with Gasteiger partial charge in [-0.05, 0) is 58.3 Å². The van der Waals surface area contributed by atoms with Crippen LogP contribution in [0.1, 0.15) is 47.0 Å². The van der Waals surface area contributed by atoms with Crippen LogP contribution in [0.25, 0.3) is 0 Å². The van der Waals surface area contributed by atoms with Crippen molar-refractivity contribution in [1.82, 2.24) is 0 Å². The normalized spacial score (nSPS) is 31.5. The van der Waals surface area contributed by atoms with Crippen LogP contribution in [0.5, 0.6) is 0 Å². The second-order valence-electron chi connectivity index (χ2n) is 6.16. The lowest BCUT2D eigenvalue weighted by atomic mass is 9.70. The lowest BCUT2D eigenvalue weighted by Gasteiger charge is -2.32. The Labute approximate surface area is 104 Å². The first-order chi connectivity index (χ1) is 7.86. The van der Waals surface area contributed by atoms with E-state index in [1.165, 1.54) is 5.47 Å². The summed E-state index contributed by atoms with van der Waals surface area (Å²) in [6.45, 7) is 8.50. The van der Waals surface area contributed by atoms with Gasteiger partial charge in [-0.25, -0.2) is 0 Å². The molecule has 0 amide bonds. The maximum Gasteiger partial charge on any atom is 0.490 e. The fraction of sp³-hybridized carbons (Fsp3) is 0.846. The monoisotopic (exact) mass is 238 g/mol. The lowest BCUT2D eigenvalue weighted by Crippen LogP contribution is -2.41. The van der Waals surface area contributed by atoms with Crippen LogP contribution in [-0.2, 0) is 9.31 Å². The summed E-state index contributed by atoms with van der Waals surface area (Å²) in [5, 5.41) is 9.23. The van der Waals surface area contributed by atoms with E-state index in [1.807, 2.05) is 0 Å². The molecule has 1 aliphatic carbocycles. The van der Waals surface area contributed by atoms with Crippen molar-refractivity contribution in [3.05, 3.63) is 11.5 Å². The van der Waals surface area contributed by atoms with Gasteiger partial charge in [0.2, 0.25) is 0 Å². The van der Waals surface area contributed by atoms with Gasteiger partial charge in [-0.3, -0.25) is 0 Å². The molecule has 2 rings (SSSR count). The first kappa shape index (κ1) is 13.1. The number of hydrogen-bond donors (Lipinski definition) is 1. The summed E-state index contributed by atoms with van der Waals surface area (Å²) in [5.74, 6) is 0.276. The van der Waals surface area contributed by atoms with Crippen LogP contribution in [0.4, 0.5) is 0 Å². The van der Waals surface area contributed by atoms with Crippen LogP contribution in [0.15, 0.2) is 11.5 Å². The molecule has 4 heteroatoms. The van der Waals surface area contributed by atoms with Crippen molar-refractivity contribution >= 4 is 7.12 Å². The standard InChI is InChI=1S/C13H23BO3/c1-12(2)13(3,4)17-14(16-12)11-7-5-6-10(8-11)9-15/h8,10,15H,5-7,9H2,1-4H3. The Kier molecular flexibility index (Phi) is 3.41. The Balaban J connectivity index is 2.13. The Morgan fingerprint density at radius 1 is 1.29 bits per heavy atom. The van der Waals surface area contributed by atoms with Gasteiger partial charge in [0, 0.05) is 6.61 Å². The van der Waals surface area contributed by atoms with Crippen LogP contribution in [0, 0.1) is 5.92 Å². The molecule has 1 N–H and O–H groups in total. The molecule has 0 radical (unpaired) electrons. The summed E-state index contributed by atoms with van der Waals surface area (Å²) in [4.78, 5) is 0. The van der Waals surface area contributed by atoms with Crippen LogP contribution in [-0.4, -0.2) is 30.0 Å². The van der Waals surface area contributed by atoms with Gasteiger partial charge in [0.05, 0.1) is 11.2 Å². The van der Waals surface area contributed by atoms with Crippen molar-refractivity contribution < 1.29 is 14.4 Å². The molecule has 1 aliphatic heterocycles. The van der Waals surface area contributed by atoms with Gasteiger partial charge in [0.25, 0.3) is 0 Å². The summed E-state index contributed by atoms with van der Waals surface area (Å²) in [7, 11) is -0.227. The van der Waals surface area contributed by atoms with E-state index in [4.69, 9.17) is 9.31 Å². The van der Waals surface area contributed by atoms with Crippen LogP contribution < -0.4 is 0 Å². The van der Waals surface area contributed by atoms with E-state index in [0.717, 1.165) is 19.3 Å². The van der Waals surface area contributed by atoms with Crippen molar-refractivity contribution in [3.63, 3.8) is 0 Å². The lowest BCUT2D eigenvalue weighted by molar-refractivity contribution is 0.00578. The number of hydrogen-bond acceptors (Lipinski definition) is 3. The van der Waals surface area contributed by atoms with Crippen molar-refractivity contribution in [2.75, 3.05) is 6.61 Å². The van der Waals surface area contributed by atoms with Crippen LogP contribution in [0.2, 0.25) is 0 Å². The van der Waals surface area contributed by atoms with Gasteiger partial charge in [0.15, 0.2) is 0 Å². The van der Waals surface area contributed by atoms with Crippen LogP contribution >= 0.6 is 0 Å². The summed E-state index contributed by atoms with van der Waals surface area (Å²) in [6, 6.07) is 0. The van der Waals surface area contributed by atoms with Crippen molar-refractivity contribution in [3.8, 4) is 0 Å². The van der Waals surface area contributed by atoms with E-state index in [0.29, 0.717) is 0 Å². The zero-order valence-electron chi connectivity index (χ0n) is 11.3. The maximum absolute atomic E-state index is 9.23. The van der Waals surface area contributed by atoms with E-state index in [2.05, 4.69) is 33.8 Å². The molecule has 3 nitrogen and oxygen atoms in total. The molecule has 1 atom stereocenters. The SMILES string of the molecule is CC1(C)OB(C2=CC(CO)CCC2)OC1(C)C. The third kappa shape index (κ3) is 2.44. The second-order valence-corrected chi connectivity index (χ2v) is 6.16. The molecule has 2 aliphatic rings. The predicted molar refractivity (Wildman–Crippen MR) is 68.6 cm³/mol. The van der Waals surface area contributed by atoms with Gasteiger partial charge in [-0.15, -0.1) is 0 Å². The zero-order chi connectivity index (χ0) is 12.7. The molecule has 0 aromatic carbocycles. The van der Waals surface area contributed by atoms with Crippen molar-refractivity contribution in [2.24, 2.45) is 5.92 Å². The third-order valence-electron chi connectivity index (χ3n) is 4.28. The molecule has 96 valence electrons. The fourth-order valence-corrected chi connectivity index (χ4v) is 2.37. The number of aliphatic hydroxyl groups is 1. The molecule has 17 heavy (non-hydrogen) atoms. The first-order valence-corrected chi connectivity index (χ1v) is 6.53. The topological polar surface area (TPSA) is 38.7 Å². The van der Waals surface area contributed by atoms with Gasteiger partial charge in [-0.2, -0.15) is 0 Å². The highest BCUT2D eigenvalue weighted by Crippen LogP contribution is 2.40. The Hall–Kier alpha value is -0.315. The summed E-state index contributed by atoms with van der Waals surface area (Å²) in [6.07, 6.45) is 5.35. The summed E-state index contributed by atoms with van der Waals surface area (Å²) < 4.78 is 12.0. The van der Waals surface area contributed by atoms with Crippen molar-refractivity contribution in [2.45, 2.75) is 58.2 Å². The predicted octanol–water partition coefficient (Wildman–Crippen LogP) is 2.34. The molecule has 0 aromatic rings. The maximum atomic E-state index is 9.23. The molecular weight excluding hydrogens is 215 g/mol. The Morgan fingerprint density at radius 3 is 2.41 bits per heavy atom. The molecule has 0 spiro atoms. The first-order valence-electron chi connectivity index (χ1n) is 6.53. The number of aliphatic hydroxyl groups excluding tert-OH is 1. The van der Waals surface area contributed by atoms with Gasteiger partial charge >= 0.3 is 7.12 Å². The summed E-state index contributed by atoms with van der Waals surface area (Å²) in [5.41, 5.74) is 0.656. The highest BCUT2D eigenvalue weighted by molar-refractivity contribution is 6.54. The average Bonchev–Trinajstić information content (AvgIpc) is 2.48. The van der Waals surface area contributed by atoms with Crippen LogP contribution in [0.3, 0.4) is 0 Å². The molecule has 0 bridgehead atoms. The Bertz CT molecular complexity index is 307. The van der Waals surface area contributed by atoms with E-state index in [-0.39, 0.29) is 30.8 Å². The molecule has 0 aromatic heterocycles. The number of rotatable bonds is 2. The minimum absolute atomic E-state index is 0.225.